The molecule has 22 heavy (non-hydrogen) atoms. The van der Waals surface area contributed by atoms with Crippen LogP contribution in [0.25, 0.3) is 0 Å². The van der Waals surface area contributed by atoms with Crippen LogP contribution in [0.1, 0.15) is 20.3 Å². The number of halogens is 1. The lowest BCUT2D eigenvalue weighted by atomic mass is 9.88. The van der Waals surface area contributed by atoms with E-state index >= 15 is 0 Å². The molecule has 1 unspecified atom stereocenters. The Morgan fingerprint density at radius 3 is 2.59 bits per heavy atom. The number of benzene rings is 1. The summed E-state index contributed by atoms with van der Waals surface area (Å²) in [7, 11) is 1.59. The Morgan fingerprint density at radius 1 is 1.41 bits per heavy atom. The van der Waals surface area contributed by atoms with E-state index in [2.05, 4.69) is 5.32 Å². The zero-order chi connectivity index (χ0) is 16.3. The van der Waals surface area contributed by atoms with Crippen LogP contribution in [0.4, 0.5) is 10.1 Å². The van der Waals surface area contributed by atoms with E-state index in [1.54, 1.807) is 19.2 Å². The monoisotopic (exact) mass is 308 g/mol. The zero-order valence-corrected chi connectivity index (χ0v) is 13.1. The van der Waals surface area contributed by atoms with Crippen LogP contribution in [0.2, 0.25) is 0 Å². The number of carbonyl (C=O) groups excluding carboxylic acids is 2. The average Bonchev–Trinajstić information content (AvgIpc) is 2.49. The number of ether oxygens (including phenoxy) is 1. The van der Waals surface area contributed by atoms with E-state index in [1.165, 1.54) is 17.0 Å². The van der Waals surface area contributed by atoms with Crippen molar-refractivity contribution in [2.45, 2.75) is 26.3 Å². The molecule has 1 atom stereocenters. The van der Waals surface area contributed by atoms with Crippen molar-refractivity contribution in [1.29, 1.82) is 0 Å². The highest BCUT2D eigenvalue weighted by atomic mass is 19.1. The van der Waals surface area contributed by atoms with Crippen LogP contribution in [0.3, 0.4) is 0 Å². The maximum Gasteiger partial charge on any atom is 0.251 e. The van der Waals surface area contributed by atoms with E-state index in [0.717, 1.165) is 0 Å². The largest absolute Gasteiger partial charge is 0.385 e. The molecule has 0 aromatic heterocycles. The van der Waals surface area contributed by atoms with Gasteiger partial charge in [-0.1, -0.05) is 13.8 Å². The van der Waals surface area contributed by atoms with Crippen LogP contribution in [0.5, 0.6) is 0 Å². The smallest absolute Gasteiger partial charge is 0.251 e. The van der Waals surface area contributed by atoms with Crippen molar-refractivity contribution in [1.82, 2.24) is 5.32 Å². The Balaban J connectivity index is 1.90. The fourth-order valence-corrected chi connectivity index (χ4v) is 2.21. The number of anilines is 1. The lowest BCUT2D eigenvalue weighted by Gasteiger charge is -2.40. The predicted molar refractivity (Wildman–Crippen MR) is 81.0 cm³/mol. The van der Waals surface area contributed by atoms with Crippen molar-refractivity contribution >= 4 is 17.5 Å². The molecule has 0 bridgehead atoms. The van der Waals surface area contributed by atoms with Crippen LogP contribution >= 0.6 is 0 Å². The lowest BCUT2D eigenvalue weighted by molar-refractivity contribution is -0.136. The predicted octanol–water partition coefficient (Wildman–Crippen LogP) is 1.72. The lowest BCUT2D eigenvalue weighted by Crippen LogP contribution is -2.65. The molecule has 2 rings (SSSR count). The molecule has 6 heteroatoms. The summed E-state index contributed by atoms with van der Waals surface area (Å²) in [6, 6.07) is 5.20. The number of methoxy groups -OCH3 is 1. The molecule has 1 heterocycles. The summed E-state index contributed by atoms with van der Waals surface area (Å²) in [5.41, 5.74) is 0.0441. The molecule has 120 valence electrons. The third kappa shape index (κ3) is 3.44. The third-order valence-corrected chi connectivity index (χ3v) is 3.92. The minimum absolute atomic E-state index is 0.165. The Labute approximate surface area is 129 Å². The molecule has 5 nitrogen and oxygen atoms in total. The maximum atomic E-state index is 12.9. The van der Waals surface area contributed by atoms with Gasteiger partial charge in [0.1, 0.15) is 11.9 Å². The molecule has 1 aromatic carbocycles. The van der Waals surface area contributed by atoms with Gasteiger partial charge in [0.05, 0.1) is 6.54 Å². The highest BCUT2D eigenvalue weighted by Gasteiger charge is 2.40. The van der Waals surface area contributed by atoms with Crippen molar-refractivity contribution in [2.75, 3.05) is 25.2 Å². The number of nitrogens with zero attached hydrogens (tertiary/aromatic N) is 1. The maximum absolute atomic E-state index is 12.9. The molecule has 1 fully saturated rings. The summed E-state index contributed by atoms with van der Waals surface area (Å²) < 4.78 is 17.9. The molecule has 1 aliphatic heterocycles. The molecular formula is C16H21FN2O3. The second kappa shape index (κ2) is 6.44. The van der Waals surface area contributed by atoms with Crippen LogP contribution in [0, 0.1) is 11.2 Å². The van der Waals surface area contributed by atoms with E-state index in [0.29, 0.717) is 25.3 Å². The zero-order valence-electron chi connectivity index (χ0n) is 13.1. The van der Waals surface area contributed by atoms with E-state index in [1.807, 2.05) is 13.8 Å². The first kappa shape index (κ1) is 16.4. The van der Waals surface area contributed by atoms with Gasteiger partial charge in [-0.05, 0) is 30.7 Å². The molecule has 1 aliphatic rings. The van der Waals surface area contributed by atoms with Crippen molar-refractivity contribution in [3.8, 4) is 0 Å². The summed E-state index contributed by atoms with van der Waals surface area (Å²) in [4.78, 5) is 25.9. The van der Waals surface area contributed by atoms with Crippen LogP contribution in [0.15, 0.2) is 24.3 Å². The summed E-state index contributed by atoms with van der Waals surface area (Å²) in [5.74, 6) is -0.689. The number of hydrogen-bond donors (Lipinski definition) is 1. The van der Waals surface area contributed by atoms with E-state index in [4.69, 9.17) is 4.74 Å². The van der Waals surface area contributed by atoms with Gasteiger partial charge in [-0.25, -0.2) is 4.39 Å². The third-order valence-electron chi connectivity index (χ3n) is 3.92. The average molecular weight is 308 g/mol. The van der Waals surface area contributed by atoms with Crippen molar-refractivity contribution in [3.05, 3.63) is 30.1 Å². The molecule has 1 N–H and O–H groups in total. The number of carbonyl (C=O) groups is 2. The van der Waals surface area contributed by atoms with E-state index in [-0.39, 0.29) is 17.6 Å². The second-order valence-electron chi connectivity index (χ2n) is 6.08. The Bertz CT molecular complexity index is 557. The first-order chi connectivity index (χ1) is 10.3. The topological polar surface area (TPSA) is 58.6 Å². The van der Waals surface area contributed by atoms with Gasteiger partial charge >= 0.3 is 0 Å². The van der Waals surface area contributed by atoms with Crippen LogP contribution in [-0.2, 0) is 14.3 Å². The van der Waals surface area contributed by atoms with E-state index < -0.39 is 11.5 Å². The standard InChI is InChI=1S/C16H21FN2O3/c1-16(2,8-9-22-3)15(21)18-13-10-19(14(13)20)12-6-4-11(17)5-7-12/h4-7,13H,8-10H2,1-3H3,(H,18,21). The molecule has 0 spiro atoms. The SMILES string of the molecule is COCCC(C)(C)C(=O)NC1CN(c2ccc(F)cc2)C1=O. The Morgan fingerprint density at radius 2 is 2.05 bits per heavy atom. The molecule has 2 amide bonds. The number of β-lactam (4-membered cyclic amide) rings is 1. The van der Waals surface area contributed by atoms with Gasteiger partial charge in [0.25, 0.3) is 5.91 Å². The quantitative estimate of drug-likeness (QED) is 0.814. The normalized spacial score (nSPS) is 18.1. The Kier molecular flexibility index (Phi) is 4.81. The molecule has 1 saturated heterocycles. The summed E-state index contributed by atoms with van der Waals surface area (Å²) in [5, 5.41) is 2.77. The van der Waals surface area contributed by atoms with Gasteiger partial charge < -0.3 is 15.0 Å². The minimum atomic E-state index is -0.591. The minimum Gasteiger partial charge on any atom is -0.385 e. The van der Waals surface area contributed by atoms with E-state index in [9.17, 15) is 14.0 Å². The number of nitrogens with one attached hydrogen (secondary N) is 1. The fourth-order valence-electron chi connectivity index (χ4n) is 2.21. The first-order valence-corrected chi connectivity index (χ1v) is 7.22. The summed E-state index contributed by atoms with van der Waals surface area (Å²) >= 11 is 0. The van der Waals surface area contributed by atoms with Crippen molar-refractivity contribution < 1.29 is 18.7 Å². The van der Waals surface area contributed by atoms with Gasteiger partial charge in [0, 0.05) is 24.8 Å². The van der Waals surface area contributed by atoms with Gasteiger partial charge in [0.15, 0.2) is 0 Å². The van der Waals surface area contributed by atoms with Gasteiger partial charge in [-0.15, -0.1) is 0 Å². The summed E-state index contributed by atoms with van der Waals surface area (Å²) in [6.45, 7) is 4.53. The van der Waals surface area contributed by atoms with Gasteiger partial charge in [-0.2, -0.15) is 0 Å². The molecule has 0 saturated carbocycles. The van der Waals surface area contributed by atoms with Crippen LogP contribution < -0.4 is 10.2 Å². The highest BCUT2D eigenvalue weighted by molar-refractivity contribution is 6.06. The molecule has 1 aromatic rings. The number of hydrogen-bond acceptors (Lipinski definition) is 3. The number of rotatable bonds is 6. The first-order valence-electron chi connectivity index (χ1n) is 7.22. The number of amides is 2. The molecule has 0 aliphatic carbocycles. The van der Waals surface area contributed by atoms with Crippen LogP contribution in [-0.4, -0.2) is 38.1 Å². The van der Waals surface area contributed by atoms with Gasteiger partial charge in [-0.3, -0.25) is 9.59 Å². The fraction of sp³-hybridized carbons (Fsp3) is 0.500. The molecular weight excluding hydrogens is 287 g/mol. The molecule has 0 radical (unpaired) electrons. The summed E-state index contributed by atoms with van der Waals surface area (Å²) in [6.07, 6.45) is 0.581. The Hall–Kier alpha value is -1.95. The highest BCUT2D eigenvalue weighted by Crippen LogP contribution is 2.25. The van der Waals surface area contributed by atoms with Crippen molar-refractivity contribution in [2.24, 2.45) is 5.41 Å². The second-order valence-corrected chi connectivity index (χ2v) is 6.08. The van der Waals surface area contributed by atoms with Crippen molar-refractivity contribution in [3.63, 3.8) is 0 Å². The van der Waals surface area contributed by atoms with Gasteiger partial charge in [0.2, 0.25) is 5.91 Å².